The summed E-state index contributed by atoms with van der Waals surface area (Å²) < 4.78 is 16.2. The largest absolute Gasteiger partial charge is 0.493 e. The third-order valence-corrected chi connectivity index (χ3v) is 4.69. The van der Waals surface area contributed by atoms with Crippen molar-refractivity contribution in [3.8, 4) is 11.5 Å². The quantitative estimate of drug-likeness (QED) is 0.751. The van der Waals surface area contributed by atoms with Gasteiger partial charge in [0.15, 0.2) is 11.5 Å². The summed E-state index contributed by atoms with van der Waals surface area (Å²) in [6.45, 7) is 4.81. The van der Waals surface area contributed by atoms with E-state index in [1.807, 2.05) is 18.2 Å². The molecule has 0 unspecified atom stereocenters. The smallest absolute Gasteiger partial charge is 0.161 e. The van der Waals surface area contributed by atoms with Gasteiger partial charge in [-0.05, 0) is 43.5 Å². The second kappa shape index (κ2) is 9.87. The Hall–Kier alpha value is -1.30. The Morgan fingerprint density at radius 3 is 2.71 bits per heavy atom. The lowest BCUT2D eigenvalue weighted by molar-refractivity contribution is -0.00380. The normalized spacial score (nSPS) is 19.9. The highest BCUT2D eigenvalue weighted by molar-refractivity contribution is 5.42. The van der Waals surface area contributed by atoms with Crippen LogP contribution < -0.4 is 9.47 Å². The molecule has 0 aromatic heterocycles. The number of ether oxygens (including phenoxy) is 3. The topological polar surface area (TPSA) is 51.2 Å². The van der Waals surface area contributed by atoms with Gasteiger partial charge in [0.2, 0.25) is 0 Å². The highest BCUT2D eigenvalue weighted by Gasteiger charge is 2.22. The van der Waals surface area contributed by atoms with Crippen LogP contribution >= 0.6 is 0 Å². The van der Waals surface area contributed by atoms with Gasteiger partial charge in [-0.1, -0.05) is 19.4 Å². The minimum Gasteiger partial charge on any atom is -0.493 e. The van der Waals surface area contributed by atoms with Crippen molar-refractivity contribution in [2.24, 2.45) is 0 Å². The van der Waals surface area contributed by atoms with E-state index in [1.165, 1.54) is 19.3 Å². The van der Waals surface area contributed by atoms with Crippen LogP contribution in [0.3, 0.4) is 0 Å². The molecule has 0 spiro atoms. The molecule has 1 N–H and O–H groups in total. The molecule has 0 amide bonds. The molecule has 1 aliphatic rings. The first-order valence-electron chi connectivity index (χ1n) is 8.88. The number of nitrogens with zero attached hydrogens (tertiary/aromatic N) is 1. The number of likely N-dealkylation sites (tertiary alicyclic amines) is 1. The molecule has 2 atom stereocenters. The maximum Gasteiger partial charge on any atom is 0.161 e. The highest BCUT2D eigenvalue weighted by Crippen LogP contribution is 2.27. The molecule has 0 radical (unpaired) electrons. The van der Waals surface area contributed by atoms with Crippen molar-refractivity contribution in [1.82, 2.24) is 4.90 Å². The van der Waals surface area contributed by atoms with Crippen molar-refractivity contribution in [3.63, 3.8) is 0 Å². The van der Waals surface area contributed by atoms with Gasteiger partial charge in [-0.2, -0.15) is 0 Å². The van der Waals surface area contributed by atoms with Crippen LogP contribution in [0.25, 0.3) is 0 Å². The average molecular weight is 337 g/mol. The van der Waals surface area contributed by atoms with Crippen LogP contribution in [0.2, 0.25) is 0 Å². The van der Waals surface area contributed by atoms with Gasteiger partial charge < -0.3 is 19.3 Å². The summed E-state index contributed by atoms with van der Waals surface area (Å²) in [6.07, 6.45) is 4.49. The molecule has 1 aromatic rings. The van der Waals surface area contributed by atoms with E-state index in [0.29, 0.717) is 37.3 Å². The molecule has 0 saturated carbocycles. The maximum atomic E-state index is 10.3. The first-order valence-corrected chi connectivity index (χ1v) is 8.88. The molecule has 1 heterocycles. The van der Waals surface area contributed by atoms with Crippen molar-refractivity contribution >= 4 is 0 Å². The van der Waals surface area contributed by atoms with Gasteiger partial charge in [-0.15, -0.1) is 0 Å². The summed E-state index contributed by atoms with van der Waals surface area (Å²) in [5, 5.41) is 10.3. The number of hydrogen-bond donors (Lipinski definition) is 1. The number of piperidine rings is 1. The fraction of sp³-hybridized carbons (Fsp3) is 0.684. The first kappa shape index (κ1) is 19.0. The molecule has 0 bridgehead atoms. The Kier molecular flexibility index (Phi) is 7.82. The molecule has 1 aliphatic heterocycles. The Morgan fingerprint density at radius 2 is 2.00 bits per heavy atom. The van der Waals surface area contributed by atoms with Crippen molar-refractivity contribution in [2.45, 2.75) is 51.4 Å². The zero-order valence-electron chi connectivity index (χ0n) is 15.2. The molecule has 136 valence electrons. The third kappa shape index (κ3) is 5.36. The number of rotatable bonds is 9. The fourth-order valence-electron chi connectivity index (χ4n) is 3.37. The monoisotopic (exact) mass is 337 g/mol. The van der Waals surface area contributed by atoms with E-state index in [-0.39, 0.29) is 0 Å². The van der Waals surface area contributed by atoms with Gasteiger partial charge in [0.1, 0.15) is 0 Å². The predicted octanol–water partition coefficient (Wildman–Crippen LogP) is 2.85. The Balaban J connectivity index is 1.77. The summed E-state index contributed by atoms with van der Waals surface area (Å²) in [7, 11) is 3.24. The van der Waals surface area contributed by atoms with Crippen molar-refractivity contribution < 1.29 is 19.3 Å². The van der Waals surface area contributed by atoms with Crippen LogP contribution in [-0.4, -0.2) is 56.1 Å². The van der Waals surface area contributed by atoms with Crippen LogP contribution in [0, 0.1) is 0 Å². The van der Waals surface area contributed by atoms with E-state index in [9.17, 15) is 5.11 Å². The lowest BCUT2D eigenvalue weighted by Gasteiger charge is -2.36. The van der Waals surface area contributed by atoms with E-state index in [1.54, 1.807) is 14.2 Å². The maximum absolute atomic E-state index is 10.3. The fourth-order valence-corrected chi connectivity index (χ4v) is 3.37. The summed E-state index contributed by atoms with van der Waals surface area (Å²) in [5.41, 5.74) is 1.00. The predicted molar refractivity (Wildman–Crippen MR) is 94.7 cm³/mol. The van der Waals surface area contributed by atoms with Gasteiger partial charge >= 0.3 is 0 Å². The molecule has 1 aromatic carbocycles. The second-order valence-corrected chi connectivity index (χ2v) is 6.41. The van der Waals surface area contributed by atoms with Gasteiger partial charge in [0, 0.05) is 12.6 Å². The van der Waals surface area contributed by atoms with Crippen LogP contribution in [0.5, 0.6) is 11.5 Å². The van der Waals surface area contributed by atoms with Crippen molar-refractivity contribution in [2.75, 3.05) is 33.9 Å². The molecule has 24 heavy (non-hydrogen) atoms. The summed E-state index contributed by atoms with van der Waals surface area (Å²) in [4.78, 5) is 2.41. The average Bonchev–Trinajstić information content (AvgIpc) is 2.62. The summed E-state index contributed by atoms with van der Waals surface area (Å²) >= 11 is 0. The molecule has 5 heteroatoms. The molecule has 5 nitrogen and oxygen atoms in total. The van der Waals surface area contributed by atoms with Gasteiger partial charge in [-0.3, -0.25) is 4.90 Å². The Bertz CT molecular complexity index is 494. The Labute approximate surface area is 145 Å². The van der Waals surface area contributed by atoms with Crippen LogP contribution in [0.4, 0.5) is 0 Å². The number of hydrogen-bond acceptors (Lipinski definition) is 5. The zero-order chi connectivity index (χ0) is 17.4. The first-order chi connectivity index (χ1) is 11.7. The lowest BCUT2D eigenvalue weighted by atomic mass is 10.00. The number of aliphatic hydroxyl groups is 1. The van der Waals surface area contributed by atoms with E-state index in [4.69, 9.17) is 14.2 Å². The SMILES string of the molecule is CC[C@H]1CCCCN1C[C@H](O)COCc1ccc(OC)c(OC)c1. The molecular formula is C19H31NO4. The van der Waals surface area contributed by atoms with Crippen LogP contribution in [0.1, 0.15) is 38.2 Å². The van der Waals surface area contributed by atoms with Gasteiger partial charge in [-0.25, -0.2) is 0 Å². The van der Waals surface area contributed by atoms with E-state index >= 15 is 0 Å². The summed E-state index contributed by atoms with van der Waals surface area (Å²) in [5.74, 6) is 1.40. The molecule has 1 fully saturated rings. The molecule has 1 saturated heterocycles. The Morgan fingerprint density at radius 1 is 1.21 bits per heavy atom. The number of β-amino-alcohol motifs (C(OH)–C–C–N with tert-alkyl or cyclic N) is 1. The van der Waals surface area contributed by atoms with Crippen LogP contribution in [0.15, 0.2) is 18.2 Å². The van der Waals surface area contributed by atoms with Crippen molar-refractivity contribution in [1.29, 1.82) is 0 Å². The second-order valence-electron chi connectivity index (χ2n) is 6.41. The third-order valence-electron chi connectivity index (χ3n) is 4.69. The lowest BCUT2D eigenvalue weighted by Crippen LogP contribution is -2.44. The number of aliphatic hydroxyl groups excluding tert-OH is 1. The minimum absolute atomic E-state index is 0.348. The van der Waals surface area contributed by atoms with E-state index < -0.39 is 6.10 Å². The number of benzene rings is 1. The van der Waals surface area contributed by atoms with Gasteiger partial charge in [0.05, 0.1) is 33.5 Å². The minimum atomic E-state index is -0.447. The standard InChI is InChI=1S/C19H31NO4/c1-4-16-7-5-6-10-20(16)12-17(21)14-24-13-15-8-9-18(22-2)19(11-15)23-3/h8-9,11,16-17,21H,4-7,10,12-14H2,1-3H3/t16-,17-/m0/s1. The molecule has 0 aliphatic carbocycles. The van der Waals surface area contributed by atoms with Crippen molar-refractivity contribution in [3.05, 3.63) is 23.8 Å². The van der Waals surface area contributed by atoms with Gasteiger partial charge in [0.25, 0.3) is 0 Å². The summed E-state index contributed by atoms with van der Waals surface area (Å²) in [6, 6.07) is 6.33. The molecule has 2 rings (SSSR count). The van der Waals surface area contributed by atoms with E-state index in [2.05, 4.69) is 11.8 Å². The highest BCUT2D eigenvalue weighted by atomic mass is 16.5. The van der Waals surface area contributed by atoms with Crippen LogP contribution in [-0.2, 0) is 11.3 Å². The number of methoxy groups -OCH3 is 2. The molecular weight excluding hydrogens is 306 g/mol. The zero-order valence-corrected chi connectivity index (χ0v) is 15.2. The van der Waals surface area contributed by atoms with E-state index in [0.717, 1.165) is 18.5 Å².